The molecule has 0 atom stereocenters. The van der Waals surface area contributed by atoms with Gasteiger partial charge in [-0.15, -0.1) is 0 Å². The highest BCUT2D eigenvalue weighted by Gasteiger charge is 2.33. The van der Waals surface area contributed by atoms with Gasteiger partial charge in [0.2, 0.25) is 17.7 Å². The second-order valence-electron chi connectivity index (χ2n) is 9.28. The highest BCUT2D eigenvalue weighted by molar-refractivity contribution is 6.30. The third-order valence-electron chi connectivity index (χ3n) is 5.93. The fourth-order valence-corrected chi connectivity index (χ4v) is 4.45. The average molecular weight is 671 g/mol. The smallest absolute Gasteiger partial charge is 0.326 e. The van der Waals surface area contributed by atoms with Crippen molar-refractivity contribution in [1.82, 2.24) is 9.97 Å². The fraction of sp³-hybridized carbons (Fsp3) is 0.167. The van der Waals surface area contributed by atoms with Gasteiger partial charge in [0.25, 0.3) is 0 Å². The minimum atomic E-state index is -4.61. The standard InChI is InChI=1S/C16H12ClF3N2O2.C14H10ClF3N2O/c1-9(23)22(10(2)24)14-8-12(16(18,19)20)3-4-13(14)11-5-6-21-15(17)7-11;1-8(21)20-12-7-10(14(16,17)18)2-3-11(12)9-4-5-19-13(15)6-9/h3-8H,1-2H3;2-7H,1H3,(H,20,21). The zero-order chi connectivity index (χ0) is 33.7. The Balaban J connectivity index is 0.000000248. The summed E-state index contributed by atoms with van der Waals surface area (Å²) in [6.45, 7) is 3.43. The summed E-state index contributed by atoms with van der Waals surface area (Å²) in [6.07, 6.45) is -6.28. The number of imide groups is 1. The predicted molar refractivity (Wildman–Crippen MR) is 158 cm³/mol. The van der Waals surface area contributed by atoms with Crippen molar-refractivity contribution >= 4 is 52.3 Å². The number of nitrogens with one attached hydrogen (secondary N) is 1. The monoisotopic (exact) mass is 670 g/mol. The van der Waals surface area contributed by atoms with E-state index in [1.807, 2.05) is 0 Å². The maximum absolute atomic E-state index is 13.0. The molecule has 7 nitrogen and oxygen atoms in total. The molecule has 0 aliphatic rings. The van der Waals surface area contributed by atoms with Crippen molar-refractivity contribution in [1.29, 1.82) is 0 Å². The summed E-state index contributed by atoms with van der Waals surface area (Å²) in [6, 6.07) is 12.1. The average Bonchev–Trinajstić information content (AvgIpc) is 2.92. The van der Waals surface area contributed by atoms with Crippen molar-refractivity contribution in [3.63, 3.8) is 0 Å². The van der Waals surface area contributed by atoms with E-state index in [0.29, 0.717) is 21.6 Å². The number of carbonyl (C=O) groups excluding carboxylic acids is 3. The van der Waals surface area contributed by atoms with Crippen molar-refractivity contribution in [2.75, 3.05) is 10.2 Å². The molecule has 0 spiro atoms. The van der Waals surface area contributed by atoms with Crippen LogP contribution >= 0.6 is 23.2 Å². The van der Waals surface area contributed by atoms with Gasteiger partial charge in [0, 0.05) is 50.0 Å². The van der Waals surface area contributed by atoms with Crippen LogP contribution in [0, 0.1) is 0 Å². The lowest BCUT2D eigenvalue weighted by atomic mass is 10.0. The number of benzene rings is 2. The van der Waals surface area contributed by atoms with Crippen molar-refractivity contribution < 1.29 is 40.7 Å². The lowest BCUT2D eigenvalue weighted by molar-refractivity contribution is -0.138. The van der Waals surface area contributed by atoms with Crippen LogP contribution in [0.3, 0.4) is 0 Å². The Morgan fingerprint density at radius 1 is 0.667 bits per heavy atom. The number of hydrogen-bond acceptors (Lipinski definition) is 5. The number of pyridine rings is 2. The molecule has 2 aromatic heterocycles. The Bertz CT molecular complexity index is 1730. The summed E-state index contributed by atoms with van der Waals surface area (Å²) >= 11 is 11.6. The van der Waals surface area contributed by atoms with Crippen molar-refractivity contribution in [3.8, 4) is 22.3 Å². The highest BCUT2D eigenvalue weighted by atomic mass is 35.5. The van der Waals surface area contributed by atoms with Crippen LogP contribution < -0.4 is 10.2 Å². The van der Waals surface area contributed by atoms with Crippen LogP contribution in [-0.4, -0.2) is 27.7 Å². The van der Waals surface area contributed by atoms with Crippen LogP contribution in [0.5, 0.6) is 0 Å². The molecule has 0 aliphatic carbocycles. The maximum Gasteiger partial charge on any atom is 0.416 e. The number of amides is 3. The van der Waals surface area contributed by atoms with Gasteiger partial charge in [-0.05, 0) is 59.7 Å². The van der Waals surface area contributed by atoms with Gasteiger partial charge in [0.05, 0.1) is 16.8 Å². The van der Waals surface area contributed by atoms with Gasteiger partial charge in [0.15, 0.2) is 0 Å². The molecule has 0 saturated heterocycles. The Morgan fingerprint density at radius 2 is 1.11 bits per heavy atom. The van der Waals surface area contributed by atoms with E-state index >= 15 is 0 Å². The summed E-state index contributed by atoms with van der Waals surface area (Å²) in [5, 5.41) is 2.75. The highest BCUT2D eigenvalue weighted by Crippen LogP contribution is 2.39. The van der Waals surface area contributed by atoms with E-state index in [2.05, 4.69) is 15.3 Å². The normalized spacial score (nSPS) is 11.3. The summed E-state index contributed by atoms with van der Waals surface area (Å²) in [5.41, 5.74) is -0.199. The molecule has 0 radical (unpaired) electrons. The Hall–Kier alpha value is -4.49. The quantitative estimate of drug-likeness (QED) is 0.173. The second kappa shape index (κ2) is 14.1. The van der Waals surface area contributed by atoms with Gasteiger partial charge in [-0.2, -0.15) is 26.3 Å². The molecule has 2 heterocycles. The van der Waals surface area contributed by atoms with Crippen LogP contribution in [0.2, 0.25) is 10.3 Å². The van der Waals surface area contributed by atoms with Gasteiger partial charge in [-0.25, -0.2) is 9.97 Å². The number of carbonyl (C=O) groups is 3. The SMILES string of the molecule is CC(=O)N(C(C)=O)c1cc(C(F)(F)F)ccc1-c1ccnc(Cl)c1.CC(=O)Nc1cc(C(F)(F)F)ccc1-c1ccnc(Cl)c1. The first-order chi connectivity index (χ1) is 20.9. The molecule has 1 N–H and O–H groups in total. The maximum atomic E-state index is 13.0. The molecule has 3 amide bonds. The van der Waals surface area contributed by atoms with Crippen molar-refractivity contribution in [2.24, 2.45) is 0 Å². The minimum Gasteiger partial charge on any atom is -0.326 e. The second-order valence-corrected chi connectivity index (χ2v) is 10.1. The Labute approximate surface area is 262 Å². The zero-order valence-corrected chi connectivity index (χ0v) is 25.0. The molecule has 4 aromatic rings. The lowest BCUT2D eigenvalue weighted by Gasteiger charge is -2.22. The predicted octanol–water partition coefficient (Wildman–Crippen LogP) is 8.70. The molecule has 0 fully saturated rings. The van der Waals surface area contributed by atoms with Crippen molar-refractivity contribution in [2.45, 2.75) is 33.1 Å². The largest absolute Gasteiger partial charge is 0.416 e. The molecule has 45 heavy (non-hydrogen) atoms. The number of rotatable bonds is 4. The number of halogens is 8. The van der Waals surface area contributed by atoms with Crippen LogP contribution in [-0.2, 0) is 26.7 Å². The minimum absolute atomic E-state index is 0.0691. The van der Waals surface area contributed by atoms with Gasteiger partial charge in [0.1, 0.15) is 10.3 Å². The van der Waals surface area contributed by atoms with Crippen LogP contribution in [0.15, 0.2) is 73.1 Å². The summed E-state index contributed by atoms with van der Waals surface area (Å²) in [5.74, 6) is -1.85. The molecule has 0 saturated carbocycles. The van der Waals surface area contributed by atoms with E-state index in [4.69, 9.17) is 23.2 Å². The van der Waals surface area contributed by atoms with Crippen molar-refractivity contribution in [3.05, 3.63) is 94.5 Å². The molecule has 0 bridgehead atoms. The van der Waals surface area contributed by atoms with E-state index in [9.17, 15) is 40.7 Å². The molecule has 2 aromatic carbocycles. The molecule has 236 valence electrons. The zero-order valence-electron chi connectivity index (χ0n) is 23.5. The van der Waals surface area contributed by atoms with Crippen LogP contribution in [0.4, 0.5) is 37.7 Å². The lowest BCUT2D eigenvalue weighted by Crippen LogP contribution is -2.33. The first kappa shape index (κ1) is 35.0. The molecule has 0 aliphatic heterocycles. The number of alkyl halides is 6. The Kier molecular flexibility index (Phi) is 10.9. The molecular formula is C30H22Cl2F6N4O3. The molecular weight excluding hydrogens is 649 g/mol. The molecule has 15 heteroatoms. The summed E-state index contributed by atoms with van der Waals surface area (Å²) in [4.78, 5) is 43.1. The number of hydrogen-bond donors (Lipinski definition) is 1. The van der Waals surface area contributed by atoms with E-state index in [1.54, 1.807) is 6.07 Å². The van der Waals surface area contributed by atoms with Gasteiger partial charge < -0.3 is 5.32 Å². The number of nitrogens with zero attached hydrogens (tertiary/aromatic N) is 3. The Morgan fingerprint density at radius 3 is 1.53 bits per heavy atom. The van der Waals surface area contributed by atoms with Gasteiger partial charge in [-0.1, -0.05) is 35.3 Å². The van der Waals surface area contributed by atoms with Gasteiger partial charge >= 0.3 is 12.4 Å². The van der Waals surface area contributed by atoms with Crippen LogP contribution in [0.1, 0.15) is 31.9 Å². The van der Waals surface area contributed by atoms with Gasteiger partial charge in [-0.3, -0.25) is 19.3 Å². The number of anilines is 2. The number of aromatic nitrogens is 2. The first-order valence-electron chi connectivity index (χ1n) is 12.6. The van der Waals surface area contributed by atoms with E-state index in [1.165, 1.54) is 49.6 Å². The third kappa shape index (κ3) is 9.25. The third-order valence-corrected chi connectivity index (χ3v) is 6.34. The van der Waals surface area contributed by atoms with E-state index in [-0.39, 0.29) is 27.2 Å². The molecule has 0 unspecified atom stereocenters. The van der Waals surface area contributed by atoms with E-state index in [0.717, 1.165) is 38.1 Å². The summed E-state index contributed by atoms with van der Waals surface area (Å²) < 4.78 is 77.3. The van der Waals surface area contributed by atoms with Crippen LogP contribution in [0.25, 0.3) is 22.3 Å². The summed E-state index contributed by atoms with van der Waals surface area (Å²) in [7, 11) is 0. The topological polar surface area (TPSA) is 92.3 Å². The van der Waals surface area contributed by atoms with E-state index < -0.39 is 41.2 Å². The first-order valence-corrected chi connectivity index (χ1v) is 13.4. The molecule has 4 rings (SSSR count). The fourth-order valence-electron chi connectivity index (χ4n) is 4.10.